The van der Waals surface area contributed by atoms with Crippen LogP contribution in [0.2, 0.25) is 0 Å². The molecule has 0 aliphatic heterocycles. The number of nitrogens with one attached hydrogen (secondary N) is 1. The van der Waals surface area contributed by atoms with Gasteiger partial charge in [-0.1, -0.05) is 6.07 Å². The maximum absolute atomic E-state index is 11.6. The van der Waals surface area contributed by atoms with Gasteiger partial charge in [0.2, 0.25) is 0 Å². The number of nitrogens with zero attached hydrogens (tertiary/aromatic N) is 3. The average molecular weight is 348 g/mol. The molecular formula is C14H12N4O7. The minimum absolute atomic E-state index is 0.0450. The molecule has 0 fully saturated rings. The van der Waals surface area contributed by atoms with Crippen LogP contribution in [0, 0.1) is 27.2 Å². The Hall–Kier alpha value is -3.76. The predicted octanol–water partition coefficient (Wildman–Crippen LogP) is 1.93. The molecule has 130 valence electrons. The number of nitro benzene ring substituents is 1. The Bertz CT molecular complexity index is 843. The second-order valence-corrected chi connectivity index (χ2v) is 4.74. The third-order valence-electron chi connectivity index (χ3n) is 2.84. The van der Waals surface area contributed by atoms with Crippen LogP contribution in [0.1, 0.15) is 11.3 Å². The van der Waals surface area contributed by atoms with E-state index in [4.69, 9.17) is 9.15 Å². The van der Waals surface area contributed by atoms with Crippen molar-refractivity contribution < 1.29 is 23.8 Å². The van der Waals surface area contributed by atoms with Crippen LogP contribution >= 0.6 is 0 Å². The molecule has 2 rings (SSSR count). The summed E-state index contributed by atoms with van der Waals surface area (Å²) in [6.45, 7) is 1.19. The van der Waals surface area contributed by atoms with E-state index in [9.17, 15) is 25.0 Å². The Labute approximate surface area is 140 Å². The highest BCUT2D eigenvalue weighted by Crippen LogP contribution is 2.27. The first-order chi connectivity index (χ1) is 11.9. The van der Waals surface area contributed by atoms with Crippen LogP contribution in [0.5, 0.6) is 5.75 Å². The maximum atomic E-state index is 11.6. The van der Waals surface area contributed by atoms with E-state index in [-0.39, 0.29) is 17.2 Å². The van der Waals surface area contributed by atoms with Crippen molar-refractivity contribution in [1.82, 2.24) is 5.43 Å². The summed E-state index contributed by atoms with van der Waals surface area (Å²) >= 11 is 0. The third-order valence-corrected chi connectivity index (χ3v) is 2.84. The Morgan fingerprint density at radius 3 is 2.68 bits per heavy atom. The SMILES string of the molecule is Cc1ccc(OCC(=O)NN=Cc2ccc([N+](=O)[O-])o2)c([N+](=O)[O-])c1. The van der Waals surface area contributed by atoms with Gasteiger partial charge in [0, 0.05) is 6.07 Å². The molecule has 11 nitrogen and oxygen atoms in total. The van der Waals surface area contributed by atoms with Crippen molar-refractivity contribution in [3.05, 3.63) is 61.9 Å². The molecule has 0 atom stereocenters. The normalized spacial score (nSPS) is 10.6. The number of nitro groups is 2. The summed E-state index contributed by atoms with van der Waals surface area (Å²) in [6, 6.07) is 6.78. The zero-order valence-electron chi connectivity index (χ0n) is 12.9. The molecule has 25 heavy (non-hydrogen) atoms. The second kappa shape index (κ2) is 7.68. The maximum Gasteiger partial charge on any atom is 0.433 e. The highest BCUT2D eigenvalue weighted by Gasteiger charge is 2.16. The van der Waals surface area contributed by atoms with Gasteiger partial charge in [-0.3, -0.25) is 25.0 Å². The van der Waals surface area contributed by atoms with Crippen molar-refractivity contribution in [2.45, 2.75) is 6.92 Å². The van der Waals surface area contributed by atoms with E-state index < -0.39 is 28.2 Å². The molecule has 0 saturated carbocycles. The first-order valence-electron chi connectivity index (χ1n) is 6.81. The summed E-state index contributed by atoms with van der Waals surface area (Å²) in [4.78, 5) is 31.7. The van der Waals surface area contributed by atoms with Crippen molar-refractivity contribution in [2.24, 2.45) is 5.10 Å². The molecule has 0 spiro atoms. The van der Waals surface area contributed by atoms with E-state index in [0.717, 1.165) is 12.3 Å². The van der Waals surface area contributed by atoms with Crippen LogP contribution in [0.4, 0.5) is 11.6 Å². The second-order valence-electron chi connectivity index (χ2n) is 4.74. The van der Waals surface area contributed by atoms with Gasteiger partial charge in [-0.25, -0.2) is 5.43 Å². The number of rotatable bonds is 7. The predicted molar refractivity (Wildman–Crippen MR) is 84.4 cm³/mol. The zero-order chi connectivity index (χ0) is 18.4. The molecule has 0 radical (unpaired) electrons. The number of hydrogen-bond acceptors (Lipinski definition) is 8. The minimum atomic E-state index is -0.710. The van der Waals surface area contributed by atoms with Crippen molar-refractivity contribution >= 4 is 23.7 Å². The topological polar surface area (TPSA) is 150 Å². The number of carbonyl (C=O) groups excluding carboxylic acids is 1. The van der Waals surface area contributed by atoms with Gasteiger partial charge in [-0.15, -0.1) is 0 Å². The molecule has 0 saturated heterocycles. The summed E-state index contributed by atoms with van der Waals surface area (Å²) in [6.07, 6.45) is 1.07. The van der Waals surface area contributed by atoms with E-state index in [1.165, 1.54) is 18.2 Å². The molecule has 1 heterocycles. The number of benzene rings is 1. The lowest BCUT2D eigenvalue weighted by molar-refractivity contribution is -0.402. The fourth-order valence-corrected chi connectivity index (χ4v) is 1.75. The largest absolute Gasteiger partial charge is 0.477 e. The Kier molecular flexibility index (Phi) is 5.40. The summed E-state index contributed by atoms with van der Waals surface area (Å²) in [5.41, 5.74) is 2.54. The molecule has 0 unspecified atom stereocenters. The summed E-state index contributed by atoms with van der Waals surface area (Å²) in [5, 5.41) is 24.9. The van der Waals surface area contributed by atoms with E-state index in [2.05, 4.69) is 10.5 Å². The van der Waals surface area contributed by atoms with E-state index in [1.54, 1.807) is 13.0 Å². The molecule has 0 aliphatic carbocycles. The molecule has 1 aromatic carbocycles. The number of hydrazone groups is 1. The van der Waals surface area contributed by atoms with Gasteiger partial charge in [0.1, 0.15) is 4.92 Å². The molecule has 2 aromatic rings. The van der Waals surface area contributed by atoms with Crippen LogP contribution < -0.4 is 10.2 Å². The standard InChI is InChI=1S/C14H12N4O7/c1-9-2-4-12(11(6-9)17(20)21)24-8-13(19)16-15-7-10-3-5-14(25-10)18(22)23/h2-7H,8H2,1H3,(H,16,19). The number of amides is 1. The number of aryl methyl sites for hydroxylation is 1. The first-order valence-corrected chi connectivity index (χ1v) is 6.81. The van der Waals surface area contributed by atoms with Crippen LogP contribution in [0.3, 0.4) is 0 Å². The molecule has 0 aliphatic rings. The first kappa shape index (κ1) is 17.6. The monoisotopic (exact) mass is 348 g/mol. The van der Waals surface area contributed by atoms with Crippen LogP contribution in [-0.2, 0) is 4.79 Å². The summed E-state index contributed by atoms with van der Waals surface area (Å²) in [5.74, 6) is -1.10. The van der Waals surface area contributed by atoms with Gasteiger partial charge in [0.25, 0.3) is 5.91 Å². The molecular weight excluding hydrogens is 336 g/mol. The number of carbonyl (C=O) groups is 1. The highest BCUT2D eigenvalue weighted by atomic mass is 16.6. The molecule has 1 N–H and O–H groups in total. The molecule has 0 bridgehead atoms. The van der Waals surface area contributed by atoms with E-state index >= 15 is 0 Å². The Balaban J connectivity index is 1.89. The minimum Gasteiger partial charge on any atom is -0.477 e. The molecule has 1 amide bonds. The number of hydrogen-bond donors (Lipinski definition) is 1. The smallest absolute Gasteiger partial charge is 0.433 e. The van der Waals surface area contributed by atoms with Gasteiger partial charge < -0.3 is 9.15 Å². The van der Waals surface area contributed by atoms with Crippen LogP contribution in [-0.4, -0.2) is 28.6 Å². The quantitative estimate of drug-likeness (QED) is 0.456. The van der Waals surface area contributed by atoms with E-state index in [0.29, 0.717) is 5.56 Å². The van der Waals surface area contributed by atoms with Gasteiger partial charge in [-0.05, 0) is 24.6 Å². The Morgan fingerprint density at radius 2 is 2.04 bits per heavy atom. The lowest BCUT2D eigenvalue weighted by Crippen LogP contribution is -2.24. The third kappa shape index (κ3) is 4.86. The van der Waals surface area contributed by atoms with E-state index in [1.807, 2.05) is 0 Å². The van der Waals surface area contributed by atoms with Crippen molar-refractivity contribution in [3.63, 3.8) is 0 Å². The van der Waals surface area contributed by atoms with Gasteiger partial charge in [0.15, 0.2) is 18.1 Å². The highest BCUT2D eigenvalue weighted by molar-refractivity contribution is 5.81. The lowest BCUT2D eigenvalue weighted by atomic mass is 10.2. The fourth-order valence-electron chi connectivity index (χ4n) is 1.75. The van der Waals surface area contributed by atoms with Gasteiger partial charge >= 0.3 is 11.6 Å². The number of ether oxygens (including phenoxy) is 1. The fraction of sp³-hybridized carbons (Fsp3) is 0.143. The lowest BCUT2D eigenvalue weighted by Gasteiger charge is -2.06. The Morgan fingerprint density at radius 1 is 1.28 bits per heavy atom. The van der Waals surface area contributed by atoms with Crippen molar-refractivity contribution in [1.29, 1.82) is 0 Å². The average Bonchev–Trinajstić information content (AvgIpc) is 3.02. The van der Waals surface area contributed by atoms with Crippen LogP contribution in [0.15, 0.2) is 39.9 Å². The van der Waals surface area contributed by atoms with Gasteiger partial charge in [-0.2, -0.15) is 5.10 Å². The number of furan rings is 1. The summed E-state index contributed by atoms with van der Waals surface area (Å²) in [7, 11) is 0. The van der Waals surface area contributed by atoms with Gasteiger partial charge in [0.05, 0.1) is 17.2 Å². The van der Waals surface area contributed by atoms with Crippen molar-refractivity contribution in [3.8, 4) is 5.75 Å². The molecule has 1 aromatic heterocycles. The zero-order valence-corrected chi connectivity index (χ0v) is 12.9. The molecule has 11 heteroatoms. The van der Waals surface area contributed by atoms with Crippen LogP contribution in [0.25, 0.3) is 0 Å². The van der Waals surface area contributed by atoms with Crippen molar-refractivity contribution in [2.75, 3.05) is 6.61 Å². The summed E-state index contributed by atoms with van der Waals surface area (Å²) < 4.78 is 9.92.